The molecule has 0 aliphatic rings. The van der Waals surface area contributed by atoms with Gasteiger partial charge in [0.2, 0.25) is 5.82 Å². The number of aromatic nitrogens is 3. The second kappa shape index (κ2) is 8.40. The van der Waals surface area contributed by atoms with Crippen LogP contribution in [0.25, 0.3) is 27.8 Å². The van der Waals surface area contributed by atoms with Gasteiger partial charge in [-0.3, -0.25) is 4.79 Å². The van der Waals surface area contributed by atoms with E-state index in [0.717, 1.165) is 37.7 Å². The Kier molecular flexibility index (Phi) is 5.29. The van der Waals surface area contributed by atoms with Crippen LogP contribution in [0.5, 0.6) is 0 Å². The summed E-state index contributed by atoms with van der Waals surface area (Å²) in [5.74, 6) is 0.362. The Bertz CT molecular complexity index is 1430. The van der Waals surface area contributed by atoms with Crippen molar-refractivity contribution in [1.82, 2.24) is 14.8 Å². The maximum atomic E-state index is 13.2. The van der Waals surface area contributed by atoms with Gasteiger partial charge in [0, 0.05) is 21.1 Å². The van der Waals surface area contributed by atoms with Crippen molar-refractivity contribution < 1.29 is 4.79 Å². The van der Waals surface area contributed by atoms with Crippen molar-refractivity contribution in [2.75, 3.05) is 5.32 Å². The third kappa shape index (κ3) is 3.81. The van der Waals surface area contributed by atoms with Gasteiger partial charge in [-0.05, 0) is 42.1 Å². The number of hydrogen-bond donors (Lipinski definition) is 1. The second-order valence-electron chi connectivity index (χ2n) is 7.45. The summed E-state index contributed by atoms with van der Waals surface area (Å²) in [6.07, 6.45) is 0. The van der Waals surface area contributed by atoms with E-state index in [9.17, 15) is 4.79 Å². The first-order chi connectivity index (χ1) is 15.6. The summed E-state index contributed by atoms with van der Waals surface area (Å²) in [5, 5.41) is 9.60. The molecule has 0 aliphatic carbocycles. The van der Waals surface area contributed by atoms with Crippen LogP contribution in [0.3, 0.4) is 0 Å². The fourth-order valence-electron chi connectivity index (χ4n) is 3.68. The minimum atomic E-state index is -0.355. The molecule has 0 bridgehead atoms. The van der Waals surface area contributed by atoms with Crippen LogP contribution >= 0.6 is 15.9 Å². The lowest BCUT2D eigenvalue weighted by molar-refractivity contribution is 0.101. The average Bonchev–Trinajstić information content (AvgIpc) is 3.25. The van der Waals surface area contributed by atoms with Crippen molar-refractivity contribution >= 4 is 38.3 Å². The van der Waals surface area contributed by atoms with Gasteiger partial charge in [0.25, 0.3) is 5.91 Å². The Morgan fingerprint density at radius 3 is 2.41 bits per heavy atom. The van der Waals surface area contributed by atoms with Gasteiger partial charge >= 0.3 is 0 Å². The van der Waals surface area contributed by atoms with Crippen molar-refractivity contribution in [3.63, 3.8) is 0 Å². The van der Waals surface area contributed by atoms with E-state index in [0.29, 0.717) is 5.82 Å². The Morgan fingerprint density at radius 1 is 0.875 bits per heavy atom. The molecule has 0 atom stereocenters. The zero-order chi connectivity index (χ0) is 22.1. The van der Waals surface area contributed by atoms with Gasteiger partial charge in [-0.25, -0.2) is 9.67 Å². The van der Waals surface area contributed by atoms with Crippen molar-refractivity contribution in [1.29, 1.82) is 0 Å². The third-order valence-corrected chi connectivity index (χ3v) is 5.82. The zero-order valence-electron chi connectivity index (χ0n) is 17.3. The van der Waals surface area contributed by atoms with Crippen LogP contribution in [-0.2, 0) is 0 Å². The van der Waals surface area contributed by atoms with Crippen molar-refractivity contribution in [3.05, 3.63) is 107 Å². The van der Waals surface area contributed by atoms with E-state index in [4.69, 9.17) is 0 Å². The average molecular weight is 483 g/mol. The SMILES string of the molecule is Cc1ccccc1-n1nc(C(=O)Nc2cccc3ccccc23)nc1-c1ccc(Br)cc1. The normalized spacial score (nSPS) is 10.9. The number of para-hydroxylation sites is 1. The Balaban J connectivity index is 1.58. The molecule has 6 heteroatoms. The first-order valence-electron chi connectivity index (χ1n) is 10.2. The molecular weight excluding hydrogens is 464 g/mol. The van der Waals surface area contributed by atoms with Gasteiger partial charge in [0.15, 0.2) is 5.82 Å². The Labute approximate surface area is 193 Å². The number of aryl methyl sites for hydroxylation is 1. The minimum Gasteiger partial charge on any atom is -0.319 e. The van der Waals surface area contributed by atoms with E-state index < -0.39 is 0 Å². The lowest BCUT2D eigenvalue weighted by Crippen LogP contribution is -2.14. The standard InChI is InChI=1S/C26H19BrN4O/c1-17-7-2-5-12-23(17)31-25(19-13-15-20(27)16-14-19)29-24(30-31)26(32)28-22-11-6-9-18-8-3-4-10-21(18)22/h2-16H,1H3,(H,28,32). The summed E-state index contributed by atoms with van der Waals surface area (Å²) in [7, 11) is 0. The van der Waals surface area contributed by atoms with Gasteiger partial charge < -0.3 is 5.32 Å². The summed E-state index contributed by atoms with van der Waals surface area (Å²) in [6, 6.07) is 29.5. The van der Waals surface area contributed by atoms with E-state index in [1.54, 1.807) is 4.68 Å². The number of halogens is 1. The fourth-order valence-corrected chi connectivity index (χ4v) is 3.94. The van der Waals surface area contributed by atoms with E-state index in [-0.39, 0.29) is 11.7 Å². The summed E-state index contributed by atoms with van der Waals surface area (Å²) in [5.41, 5.74) is 3.51. The van der Waals surface area contributed by atoms with Crippen LogP contribution in [0, 0.1) is 6.92 Å². The molecule has 0 unspecified atom stereocenters. The highest BCUT2D eigenvalue weighted by Crippen LogP contribution is 2.26. The molecule has 4 aromatic carbocycles. The van der Waals surface area contributed by atoms with Gasteiger partial charge in [-0.1, -0.05) is 82.7 Å². The molecule has 1 amide bonds. The number of anilines is 1. The van der Waals surface area contributed by atoms with Gasteiger partial charge in [0.1, 0.15) is 0 Å². The summed E-state index contributed by atoms with van der Waals surface area (Å²) in [6.45, 7) is 2.01. The lowest BCUT2D eigenvalue weighted by Gasteiger charge is -2.08. The smallest absolute Gasteiger partial charge is 0.295 e. The quantitative estimate of drug-likeness (QED) is 0.321. The maximum Gasteiger partial charge on any atom is 0.295 e. The third-order valence-electron chi connectivity index (χ3n) is 5.29. The van der Waals surface area contributed by atoms with Crippen molar-refractivity contribution in [2.45, 2.75) is 6.92 Å². The van der Waals surface area contributed by atoms with Crippen LogP contribution in [0.1, 0.15) is 16.2 Å². The first-order valence-corrected chi connectivity index (χ1v) is 11.0. The molecule has 156 valence electrons. The maximum absolute atomic E-state index is 13.2. The van der Waals surface area contributed by atoms with E-state index in [1.807, 2.05) is 97.9 Å². The van der Waals surface area contributed by atoms with Crippen LogP contribution in [-0.4, -0.2) is 20.7 Å². The minimum absolute atomic E-state index is 0.110. The van der Waals surface area contributed by atoms with E-state index >= 15 is 0 Å². The predicted molar refractivity (Wildman–Crippen MR) is 131 cm³/mol. The largest absolute Gasteiger partial charge is 0.319 e. The molecule has 0 radical (unpaired) electrons. The zero-order valence-corrected chi connectivity index (χ0v) is 18.9. The van der Waals surface area contributed by atoms with Gasteiger partial charge in [-0.15, -0.1) is 5.10 Å². The highest BCUT2D eigenvalue weighted by Gasteiger charge is 2.20. The number of benzene rings is 4. The molecule has 5 rings (SSSR count). The number of nitrogens with zero attached hydrogens (tertiary/aromatic N) is 3. The summed E-state index contributed by atoms with van der Waals surface area (Å²) in [4.78, 5) is 17.8. The molecule has 1 aromatic heterocycles. The molecule has 0 saturated carbocycles. The van der Waals surface area contributed by atoms with Crippen molar-refractivity contribution in [2.24, 2.45) is 0 Å². The highest BCUT2D eigenvalue weighted by molar-refractivity contribution is 9.10. The van der Waals surface area contributed by atoms with Crippen LogP contribution in [0.4, 0.5) is 5.69 Å². The van der Waals surface area contributed by atoms with Crippen LogP contribution < -0.4 is 5.32 Å². The molecule has 5 nitrogen and oxygen atoms in total. The number of carbonyl (C=O) groups excluding carboxylic acids is 1. The molecule has 0 aliphatic heterocycles. The molecule has 0 fully saturated rings. The molecule has 32 heavy (non-hydrogen) atoms. The lowest BCUT2D eigenvalue weighted by atomic mass is 10.1. The summed E-state index contributed by atoms with van der Waals surface area (Å²) >= 11 is 3.47. The molecule has 5 aromatic rings. The first kappa shape index (κ1) is 20.2. The predicted octanol–water partition coefficient (Wildman–Crippen LogP) is 6.41. The molecular formula is C26H19BrN4O. The number of fused-ring (bicyclic) bond motifs is 1. The Hall–Kier alpha value is -3.77. The second-order valence-corrected chi connectivity index (χ2v) is 8.36. The highest BCUT2D eigenvalue weighted by atomic mass is 79.9. The number of amides is 1. The molecule has 1 heterocycles. The summed E-state index contributed by atoms with van der Waals surface area (Å²) < 4.78 is 2.70. The topological polar surface area (TPSA) is 59.8 Å². The number of hydrogen-bond acceptors (Lipinski definition) is 3. The van der Waals surface area contributed by atoms with Crippen LogP contribution in [0.2, 0.25) is 0 Å². The number of nitrogens with one attached hydrogen (secondary N) is 1. The van der Waals surface area contributed by atoms with E-state index in [1.165, 1.54) is 0 Å². The number of rotatable bonds is 4. The monoisotopic (exact) mass is 482 g/mol. The van der Waals surface area contributed by atoms with Crippen molar-refractivity contribution in [3.8, 4) is 17.1 Å². The van der Waals surface area contributed by atoms with Gasteiger partial charge in [-0.2, -0.15) is 0 Å². The molecule has 0 spiro atoms. The fraction of sp³-hybridized carbons (Fsp3) is 0.0385. The molecule has 0 saturated heterocycles. The van der Waals surface area contributed by atoms with Crippen LogP contribution in [0.15, 0.2) is 95.5 Å². The van der Waals surface area contributed by atoms with E-state index in [2.05, 4.69) is 31.3 Å². The Morgan fingerprint density at radius 2 is 1.59 bits per heavy atom. The van der Waals surface area contributed by atoms with Gasteiger partial charge in [0.05, 0.1) is 5.69 Å². The molecule has 1 N–H and O–H groups in total. The number of carbonyl (C=O) groups is 1.